The van der Waals surface area contributed by atoms with E-state index < -0.39 is 28.5 Å². The quantitative estimate of drug-likeness (QED) is 0.376. The van der Waals surface area contributed by atoms with E-state index >= 15 is 0 Å². The zero-order chi connectivity index (χ0) is 27.7. The summed E-state index contributed by atoms with van der Waals surface area (Å²) in [4.78, 5) is 29.0. The van der Waals surface area contributed by atoms with Crippen molar-refractivity contribution in [3.8, 4) is 0 Å². The Balaban J connectivity index is 2.05. The van der Waals surface area contributed by atoms with Gasteiger partial charge in [-0.1, -0.05) is 73.7 Å². The molecule has 3 aromatic carbocycles. The van der Waals surface area contributed by atoms with Gasteiger partial charge in [0.25, 0.3) is 0 Å². The monoisotopic (exact) mass is 535 g/mol. The molecule has 0 aliphatic heterocycles. The summed E-state index contributed by atoms with van der Waals surface area (Å²) in [5, 5.41) is 2.95. The van der Waals surface area contributed by atoms with E-state index in [-0.39, 0.29) is 12.5 Å². The molecule has 3 rings (SSSR count). The summed E-state index contributed by atoms with van der Waals surface area (Å²) >= 11 is 0. The topological polar surface area (TPSA) is 86.8 Å². The van der Waals surface area contributed by atoms with Crippen LogP contribution in [0.3, 0.4) is 0 Å². The van der Waals surface area contributed by atoms with E-state index in [1.165, 1.54) is 4.90 Å². The summed E-state index contributed by atoms with van der Waals surface area (Å²) in [5.74, 6) is -0.716. The van der Waals surface area contributed by atoms with Gasteiger partial charge in [-0.2, -0.15) is 0 Å². The number of hydrogen-bond donors (Lipinski definition) is 1. The summed E-state index contributed by atoms with van der Waals surface area (Å²) in [6, 6.07) is 23.4. The van der Waals surface area contributed by atoms with E-state index in [2.05, 4.69) is 5.32 Å². The molecule has 8 heteroatoms. The van der Waals surface area contributed by atoms with E-state index in [1.807, 2.05) is 81.4 Å². The molecule has 38 heavy (non-hydrogen) atoms. The lowest BCUT2D eigenvalue weighted by Crippen LogP contribution is -2.53. The number of carbonyl (C=O) groups excluding carboxylic acids is 2. The second-order valence-electron chi connectivity index (χ2n) is 9.55. The molecular weight excluding hydrogens is 498 g/mol. The molecule has 0 aromatic heterocycles. The van der Waals surface area contributed by atoms with Crippen LogP contribution in [-0.2, 0) is 32.6 Å². The summed E-state index contributed by atoms with van der Waals surface area (Å²) in [7, 11) is -3.78. The third kappa shape index (κ3) is 7.92. The lowest BCUT2D eigenvalue weighted by atomic mass is 10.0. The number of sulfonamides is 1. The molecule has 0 unspecified atom stereocenters. The van der Waals surface area contributed by atoms with Crippen molar-refractivity contribution >= 4 is 27.5 Å². The van der Waals surface area contributed by atoms with Crippen LogP contribution in [0.25, 0.3) is 0 Å². The molecule has 0 saturated carbocycles. The van der Waals surface area contributed by atoms with Crippen molar-refractivity contribution in [2.75, 3.05) is 23.7 Å². The second-order valence-corrected chi connectivity index (χ2v) is 11.5. The lowest BCUT2D eigenvalue weighted by Gasteiger charge is -2.34. The van der Waals surface area contributed by atoms with Crippen LogP contribution in [0.2, 0.25) is 0 Å². The minimum atomic E-state index is -3.78. The lowest BCUT2D eigenvalue weighted by molar-refractivity contribution is -0.140. The molecule has 0 heterocycles. The van der Waals surface area contributed by atoms with Gasteiger partial charge < -0.3 is 10.2 Å². The van der Waals surface area contributed by atoms with E-state index in [0.29, 0.717) is 18.7 Å². The molecule has 0 aliphatic rings. The molecule has 7 nitrogen and oxygen atoms in total. The second kappa shape index (κ2) is 13.2. The normalized spacial score (nSPS) is 12.0. The number of carbonyl (C=O) groups is 2. The molecular formula is C30H37N3O4S. The SMILES string of the molecule is CCCNC(=O)[C@@H](Cc1ccccc1)N(Cc1ccccc1C)C(=O)CN(c1cccc(C)c1)S(C)(=O)=O. The molecule has 0 radical (unpaired) electrons. The van der Waals surface area contributed by atoms with Crippen LogP contribution in [0.1, 0.15) is 35.6 Å². The first-order valence-electron chi connectivity index (χ1n) is 12.8. The van der Waals surface area contributed by atoms with Crippen LogP contribution in [0.4, 0.5) is 5.69 Å². The minimum absolute atomic E-state index is 0.175. The number of nitrogens with one attached hydrogen (secondary N) is 1. The fraction of sp³-hybridized carbons (Fsp3) is 0.333. The zero-order valence-corrected chi connectivity index (χ0v) is 23.4. The maximum Gasteiger partial charge on any atom is 0.244 e. The third-order valence-corrected chi connectivity index (χ3v) is 7.53. The molecule has 0 bridgehead atoms. The fourth-order valence-electron chi connectivity index (χ4n) is 4.29. The first-order valence-corrected chi connectivity index (χ1v) is 14.6. The smallest absolute Gasteiger partial charge is 0.244 e. The molecule has 0 spiro atoms. The van der Waals surface area contributed by atoms with Crippen LogP contribution >= 0.6 is 0 Å². The van der Waals surface area contributed by atoms with Gasteiger partial charge in [0, 0.05) is 19.5 Å². The Labute approximate surface area is 226 Å². The van der Waals surface area contributed by atoms with E-state index in [0.717, 1.165) is 39.2 Å². The summed E-state index contributed by atoms with van der Waals surface area (Å²) in [6.07, 6.45) is 2.14. The van der Waals surface area contributed by atoms with E-state index in [1.54, 1.807) is 18.2 Å². The molecule has 1 N–H and O–H groups in total. The third-order valence-electron chi connectivity index (χ3n) is 6.39. The first kappa shape index (κ1) is 28.9. The molecule has 3 aromatic rings. The van der Waals surface area contributed by atoms with Crippen LogP contribution in [0.5, 0.6) is 0 Å². The summed E-state index contributed by atoms with van der Waals surface area (Å²) in [5.41, 5.74) is 4.07. The van der Waals surface area contributed by atoms with Crippen molar-refractivity contribution in [1.29, 1.82) is 0 Å². The van der Waals surface area contributed by atoms with Crippen molar-refractivity contribution in [3.05, 3.63) is 101 Å². The number of anilines is 1. The van der Waals surface area contributed by atoms with Crippen LogP contribution in [0, 0.1) is 13.8 Å². The van der Waals surface area contributed by atoms with Crippen molar-refractivity contribution in [1.82, 2.24) is 10.2 Å². The van der Waals surface area contributed by atoms with Crippen molar-refractivity contribution in [2.45, 2.75) is 46.2 Å². The highest BCUT2D eigenvalue weighted by molar-refractivity contribution is 7.92. The van der Waals surface area contributed by atoms with E-state index in [4.69, 9.17) is 0 Å². The van der Waals surface area contributed by atoms with Crippen LogP contribution in [0.15, 0.2) is 78.9 Å². The van der Waals surface area contributed by atoms with Gasteiger partial charge in [0.05, 0.1) is 11.9 Å². The number of rotatable bonds is 12. The Bertz CT molecular complexity index is 1340. The van der Waals surface area contributed by atoms with Crippen LogP contribution < -0.4 is 9.62 Å². The Morgan fingerprint density at radius 3 is 2.24 bits per heavy atom. The fourth-order valence-corrected chi connectivity index (χ4v) is 5.13. The van der Waals surface area contributed by atoms with Gasteiger partial charge in [0.1, 0.15) is 12.6 Å². The summed E-state index contributed by atoms with van der Waals surface area (Å²) < 4.78 is 26.8. The Morgan fingerprint density at radius 1 is 0.921 bits per heavy atom. The maximum atomic E-state index is 14.0. The number of aryl methyl sites for hydroxylation is 2. The highest BCUT2D eigenvalue weighted by atomic mass is 32.2. The highest BCUT2D eigenvalue weighted by Crippen LogP contribution is 2.22. The number of amides is 2. The number of hydrogen-bond acceptors (Lipinski definition) is 4. The molecule has 2 amide bonds. The molecule has 0 saturated heterocycles. The van der Waals surface area contributed by atoms with Crippen molar-refractivity contribution < 1.29 is 18.0 Å². The maximum absolute atomic E-state index is 14.0. The Morgan fingerprint density at radius 2 is 1.61 bits per heavy atom. The van der Waals surface area contributed by atoms with Gasteiger partial charge in [0.2, 0.25) is 21.8 Å². The van der Waals surface area contributed by atoms with Crippen LogP contribution in [-0.4, -0.2) is 50.5 Å². The standard InChI is InChI=1S/C30H37N3O4S/c1-5-18-31-30(35)28(20-25-14-7-6-8-15-25)32(21-26-16-10-9-13-24(26)3)29(34)22-33(38(4,36)37)27-17-11-12-23(2)19-27/h6-17,19,28H,5,18,20-22H2,1-4H3,(H,31,35)/t28-/m1/s1. The van der Waals surface area contributed by atoms with Gasteiger partial charge in [-0.3, -0.25) is 13.9 Å². The van der Waals surface area contributed by atoms with Gasteiger partial charge in [-0.05, 0) is 54.7 Å². The average molecular weight is 536 g/mol. The van der Waals surface area contributed by atoms with Gasteiger partial charge in [0.15, 0.2) is 0 Å². The predicted octanol–water partition coefficient (Wildman–Crippen LogP) is 4.24. The number of benzene rings is 3. The average Bonchev–Trinajstić information content (AvgIpc) is 2.88. The Hall–Kier alpha value is -3.65. The van der Waals surface area contributed by atoms with Crippen molar-refractivity contribution in [3.63, 3.8) is 0 Å². The highest BCUT2D eigenvalue weighted by Gasteiger charge is 2.33. The molecule has 202 valence electrons. The number of nitrogens with zero attached hydrogens (tertiary/aromatic N) is 2. The molecule has 1 atom stereocenters. The first-order chi connectivity index (χ1) is 18.1. The van der Waals surface area contributed by atoms with E-state index in [9.17, 15) is 18.0 Å². The largest absolute Gasteiger partial charge is 0.354 e. The van der Waals surface area contributed by atoms with Gasteiger partial charge in [-0.15, -0.1) is 0 Å². The summed E-state index contributed by atoms with van der Waals surface area (Å²) in [6.45, 7) is 6.03. The zero-order valence-electron chi connectivity index (χ0n) is 22.6. The molecule has 0 fully saturated rings. The predicted molar refractivity (Wildman–Crippen MR) is 152 cm³/mol. The minimum Gasteiger partial charge on any atom is -0.354 e. The van der Waals surface area contributed by atoms with Gasteiger partial charge >= 0.3 is 0 Å². The van der Waals surface area contributed by atoms with Crippen molar-refractivity contribution in [2.24, 2.45) is 0 Å². The van der Waals surface area contributed by atoms with Gasteiger partial charge in [-0.25, -0.2) is 8.42 Å². The Kier molecular flexibility index (Phi) is 10.1. The molecule has 0 aliphatic carbocycles.